The van der Waals surface area contributed by atoms with E-state index in [0.717, 1.165) is 11.5 Å². The minimum atomic E-state index is -2.21. The molecule has 0 fully saturated rings. The topological polar surface area (TPSA) is 46.2 Å². The Morgan fingerprint density at radius 2 is 1.27 bits per heavy atom. The molecule has 0 saturated heterocycles. The van der Waals surface area contributed by atoms with Crippen molar-refractivity contribution in [1.29, 1.82) is 0 Å². The molecule has 0 saturated carbocycles. The van der Waals surface area contributed by atoms with Crippen LogP contribution in [0.25, 0.3) is 0 Å². The van der Waals surface area contributed by atoms with E-state index in [1.165, 1.54) is 2.89 Å². The number of rotatable bonds is 1. The van der Waals surface area contributed by atoms with Crippen LogP contribution < -0.4 is 12.4 Å². The summed E-state index contributed by atoms with van der Waals surface area (Å²) in [5.74, 6) is 1.78. The van der Waals surface area contributed by atoms with E-state index in [4.69, 9.17) is 23.7 Å². The van der Waals surface area contributed by atoms with Crippen molar-refractivity contribution in [3.05, 3.63) is 5.38 Å². The zero-order valence-corrected chi connectivity index (χ0v) is 17.4. The molecule has 2 rings (SSSR count). The minimum absolute atomic E-state index is 0.530. The second-order valence-electron chi connectivity index (χ2n) is 6.04. The summed E-state index contributed by atoms with van der Waals surface area (Å²) in [5, 5.41) is 2.06. The van der Waals surface area contributed by atoms with E-state index in [9.17, 15) is 0 Å². The normalized spacial score (nSPS) is 19.2. The third-order valence-corrected chi connectivity index (χ3v) is 13.5. The van der Waals surface area contributed by atoms with Gasteiger partial charge in [-0.1, -0.05) is 0 Å². The van der Waals surface area contributed by atoms with Crippen molar-refractivity contribution < 1.29 is 23.7 Å². The molecule has 5 nitrogen and oxygen atoms in total. The first-order valence-corrected chi connectivity index (χ1v) is 18.6. The summed E-state index contributed by atoms with van der Waals surface area (Å²) in [6.07, 6.45) is 0. The van der Waals surface area contributed by atoms with Crippen molar-refractivity contribution in [3.8, 4) is 11.5 Å². The third-order valence-electron chi connectivity index (χ3n) is 3.10. The molecular formula is C15H26O5SSn. The molecule has 0 radical (unpaired) electrons. The van der Waals surface area contributed by atoms with Gasteiger partial charge in [-0.3, -0.25) is 0 Å². The van der Waals surface area contributed by atoms with E-state index in [0.29, 0.717) is 52.9 Å². The molecule has 0 aromatic carbocycles. The van der Waals surface area contributed by atoms with E-state index in [1.807, 2.05) is 0 Å². The van der Waals surface area contributed by atoms with Crippen LogP contribution in [0.3, 0.4) is 0 Å². The van der Waals surface area contributed by atoms with Gasteiger partial charge in [-0.15, -0.1) is 0 Å². The van der Waals surface area contributed by atoms with Crippen LogP contribution in [-0.2, 0) is 14.2 Å². The molecule has 1 aromatic rings. The summed E-state index contributed by atoms with van der Waals surface area (Å²) in [6.45, 7) is 4.54. The first-order chi connectivity index (χ1) is 10.6. The number of hydrogen-bond acceptors (Lipinski definition) is 6. The van der Waals surface area contributed by atoms with E-state index in [1.54, 1.807) is 11.3 Å². The Kier molecular flexibility index (Phi) is 7.76. The molecule has 0 N–H and O–H groups in total. The third kappa shape index (κ3) is 5.88. The molecule has 22 heavy (non-hydrogen) atoms. The molecule has 0 spiro atoms. The molecule has 0 amide bonds. The molecule has 2 heterocycles. The predicted octanol–water partition coefficient (Wildman–Crippen LogP) is 2.11. The first-order valence-electron chi connectivity index (χ1n) is 7.70. The van der Waals surface area contributed by atoms with Gasteiger partial charge in [-0.05, 0) is 0 Å². The first kappa shape index (κ1) is 18.3. The number of ether oxygens (including phenoxy) is 5. The van der Waals surface area contributed by atoms with Crippen molar-refractivity contribution in [3.63, 3.8) is 0 Å². The summed E-state index contributed by atoms with van der Waals surface area (Å²) in [7, 11) is 0. The Morgan fingerprint density at radius 1 is 0.773 bits per heavy atom. The Balaban J connectivity index is 2.04. The molecule has 0 bridgehead atoms. The molecule has 126 valence electrons. The van der Waals surface area contributed by atoms with Crippen molar-refractivity contribution >= 4 is 32.6 Å². The molecule has 0 atom stereocenters. The van der Waals surface area contributed by atoms with Crippen molar-refractivity contribution in [2.75, 3.05) is 52.9 Å². The van der Waals surface area contributed by atoms with Crippen molar-refractivity contribution in [2.24, 2.45) is 0 Å². The fourth-order valence-corrected chi connectivity index (χ4v) is 9.09. The van der Waals surface area contributed by atoms with E-state index < -0.39 is 18.4 Å². The molecule has 0 aliphatic carbocycles. The van der Waals surface area contributed by atoms with Crippen molar-refractivity contribution in [2.45, 2.75) is 14.8 Å². The Morgan fingerprint density at radius 3 is 1.82 bits per heavy atom. The quantitative estimate of drug-likeness (QED) is 0.631. The second kappa shape index (κ2) is 9.32. The van der Waals surface area contributed by atoms with Crippen LogP contribution >= 0.6 is 11.3 Å². The van der Waals surface area contributed by atoms with Crippen molar-refractivity contribution in [1.82, 2.24) is 0 Å². The van der Waals surface area contributed by atoms with Gasteiger partial charge in [0.2, 0.25) is 0 Å². The summed E-state index contributed by atoms with van der Waals surface area (Å²) < 4.78 is 29.6. The number of thiophene rings is 1. The maximum atomic E-state index is 5.99. The van der Waals surface area contributed by atoms with Gasteiger partial charge < -0.3 is 0 Å². The van der Waals surface area contributed by atoms with Gasteiger partial charge in [-0.2, -0.15) is 0 Å². The predicted molar refractivity (Wildman–Crippen MR) is 90.7 cm³/mol. The van der Waals surface area contributed by atoms with Gasteiger partial charge in [0.25, 0.3) is 0 Å². The molecule has 1 aliphatic rings. The fraction of sp³-hybridized carbons (Fsp3) is 0.733. The van der Waals surface area contributed by atoms with Crippen LogP contribution in [0.4, 0.5) is 0 Å². The van der Waals surface area contributed by atoms with Gasteiger partial charge in [0.1, 0.15) is 0 Å². The second-order valence-corrected chi connectivity index (χ2v) is 22.2. The van der Waals surface area contributed by atoms with Gasteiger partial charge in [0, 0.05) is 0 Å². The Hall–Kier alpha value is -0.0213. The van der Waals surface area contributed by atoms with Crippen LogP contribution in [0.1, 0.15) is 0 Å². The zero-order chi connectivity index (χ0) is 15.8. The Labute approximate surface area is 140 Å². The zero-order valence-electron chi connectivity index (χ0n) is 13.7. The van der Waals surface area contributed by atoms with Crippen LogP contribution in [-0.4, -0.2) is 71.2 Å². The van der Waals surface area contributed by atoms with Crippen LogP contribution in [0.2, 0.25) is 14.8 Å². The number of hydrogen-bond donors (Lipinski definition) is 0. The van der Waals surface area contributed by atoms with Gasteiger partial charge in [0.15, 0.2) is 0 Å². The van der Waals surface area contributed by atoms with E-state index in [-0.39, 0.29) is 0 Å². The molecule has 1 aliphatic heterocycles. The summed E-state index contributed by atoms with van der Waals surface area (Å²) >= 11 is -0.445. The summed E-state index contributed by atoms with van der Waals surface area (Å²) in [5.41, 5.74) is 0. The van der Waals surface area contributed by atoms with Gasteiger partial charge >= 0.3 is 141 Å². The monoisotopic (exact) mass is 438 g/mol. The average Bonchev–Trinajstić information content (AvgIpc) is 2.86. The fourth-order valence-electron chi connectivity index (χ4n) is 2.04. The van der Waals surface area contributed by atoms with E-state index in [2.05, 4.69) is 20.2 Å². The maximum absolute atomic E-state index is 5.99. The van der Waals surface area contributed by atoms with Crippen LogP contribution in [0.5, 0.6) is 11.5 Å². The molecule has 1 aromatic heterocycles. The standard InChI is InChI=1S/C12H17O5S.3CH3.Sn/c1-3-14-5-7-16-11-9-18-10-12(11)17-8-6-15-4-2-13-1;;;;/h9H,1-8H2;3*1H3;. The van der Waals surface area contributed by atoms with Gasteiger partial charge in [0.05, 0.1) is 0 Å². The molecule has 7 heteroatoms. The van der Waals surface area contributed by atoms with E-state index >= 15 is 0 Å². The SMILES string of the molecule is [CH3][Sn]([CH3])([CH3])[c]1scc2c1OCCOCCOCCOCCO2. The van der Waals surface area contributed by atoms with Crippen LogP contribution in [0.15, 0.2) is 5.38 Å². The number of fused-ring (bicyclic) bond motifs is 1. The summed E-state index contributed by atoms with van der Waals surface area (Å²) in [4.78, 5) is 7.16. The average molecular weight is 437 g/mol. The Bertz CT molecular complexity index is 444. The summed E-state index contributed by atoms with van der Waals surface area (Å²) in [6, 6.07) is 0. The van der Waals surface area contributed by atoms with Gasteiger partial charge in [-0.25, -0.2) is 0 Å². The molecule has 0 unspecified atom stereocenters. The molecular weight excluding hydrogens is 411 g/mol. The van der Waals surface area contributed by atoms with Crippen LogP contribution in [0, 0.1) is 0 Å².